The van der Waals surface area contributed by atoms with Crippen LogP contribution in [-0.4, -0.2) is 120 Å². The van der Waals surface area contributed by atoms with Crippen molar-refractivity contribution in [1.29, 1.82) is 0 Å². The van der Waals surface area contributed by atoms with Crippen LogP contribution in [0.4, 0.5) is 0 Å². The predicted octanol–water partition coefficient (Wildman–Crippen LogP) is 16.3. The highest BCUT2D eigenvalue weighted by Gasteiger charge is 2.53. The number of amides is 2. The van der Waals surface area contributed by atoms with Crippen molar-refractivity contribution in [1.82, 2.24) is 10.6 Å². The van der Waals surface area contributed by atoms with Crippen molar-refractivity contribution in [2.24, 2.45) is 5.92 Å². The number of ketones is 1. The summed E-state index contributed by atoms with van der Waals surface area (Å²) in [6.45, 7) is 13.9. The van der Waals surface area contributed by atoms with Crippen LogP contribution in [0.3, 0.4) is 0 Å². The van der Waals surface area contributed by atoms with Gasteiger partial charge in [0.25, 0.3) is 0 Å². The van der Waals surface area contributed by atoms with Crippen LogP contribution in [0.25, 0.3) is 0 Å². The van der Waals surface area contributed by atoms with Crippen molar-refractivity contribution < 1.29 is 71.1 Å². The molecule has 2 heterocycles. The summed E-state index contributed by atoms with van der Waals surface area (Å²) >= 11 is 0. The summed E-state index contributed by atoms with van der Waals surface area (Å²) in [5.41, 5.74) is 0. The van der Waals surface area contributed by atoms with E-state index in [1.165, 1.54) is 103 Å². The Morgan fingerprint density at radius 3 is 1.53 bits per heavy atom. The molecule has 2 aliphatic heterocycles. The average Bonchev–Trinajstić information content (AvgIpc) is 1.69. The van der Waals surface area contributed by atoms with Crippen LogP contribution < -0.4 is 10.6 Å². The number of hydrogen-bond donors (Lipinski definition) is 5. The van der Waals surface area contributed by atoms with Crippen LogP contribution in [0.2, 0.25) is 0 Å². The normalized spacial score (nSPS) is 23.8. The third-order valence-corrected chi connectivity index (χ3v) is 17.9. The number of unbranched alkanes of at least 4 members (excludes halogenated alkanes) is 30. The van der Waals surface area contributed by atoms with Gasteiger partial charge in [0.2, 0.25) is 11.8 Å². The fourth-order valence-electron chi connectivity index (χ4n) is 11.7. The van der Waals surface area contributed by atoms with E-state index in [0.29, 0.717) is 38.0 Å². The lowest BCUT2D eigenvalue weighted by molar-refractivity contribution is -0.296. The lowest BCUT2D eigenvalue weighted by Gasteiger charge is -2.46. The Bertz CT molecular complexity index is 1790. The largest absolute Gasteiger partial charge is 0.695 e. The molecule has 0 aromatic heterocycles. The van der Waals surface area contributed by atoms with Gasteiger partial charge in [0.05, 0.1) is 19.1 Å². The number of aliphatic hydroxyl groups is 1. The molecule has 0 aromatic carbocycles. The topological polar surface area (TPSA) is 235 Å². The minimum atomic E-state index is -4.34. The summed E-state index contributed by atoms with van der Waals surface area (Å²) in [6.07, 6.45) is 35.2. The molecule has 2 unspecified atom stereocenters. The average molecular weight is 1260 g/mol. The van der Waals surface area contributed by atoms with E-state index in [1.807, 2.05) is 6.92 Å². The summed E-state index contributed by atoms with van der Waals surface area (Å²) in [5.74, 6) is -0.855. The van der Waals surface area contributed by atoms with Crippen molar-refractivity contribution in [3.05, 3.63) is 12.2 Å². The van der Waals surface area contributed by atoms with E-state index in [9.17, 15) is 38.4 Å². The van der Waals surface area contributed by atoms with Crippen LogP contribution >= 0.6 is 15.9 Å². The van der Waals surface area contributed by atoms with Gasteiger partial charge in [-0.25, -0.2) is 0 Å². The number of aliphatic hydroxyl groups excluding tert-OH is 1. The maximum Gasteiger partial charge on any atom is 0.695 e. The summed E-state index contributed by atoms with van der Waals surface area (Å²) in [6, 6.07) is -2.37. The molecule has 13 atom stereocenters. The minimum Gasteiger partial charge on any atom is -0.388 e. The number of hydrogen-bond acceptors (Lipinski definition) is 13. The summed E-state index contributed by atoms with van der Waals surface area (Å²) in [4.78, 5) is 61.9. The van der Waals surface area contributed by atoms with Gasteiger partial charge in [0.1, 0.15) is 42.3 Å². The Morgan fingerprint density at radius 2 is 1.00 bits per heavy atom. The van der Waals surface area contributed by atoms with Crippen LogP contribution in [0.5, 0.6) is 0 Å². The Kier molecular flexibility index (Phi) is 48.5. The molecule has 2 fully saturated rings. The van der Waals surface area contributed by atoms with Crippen LogP contribution in [0, 0.1) is 5.92 Å². The maximum absolute atomic E-state index is 14.1. The van der Waals surface area contributed by atoms with E-state index in [2.05, 4.69) is 57.4 Å². The third kappa shape index (κ3) is 38.9. The van der Waals surface area contributed by atoms with Gasteiger partial charge in [0, 0.05) is 37.3 Å². The Labute approximate surface area is 523 Å². The molecule has 0 saturated carbocycles. The molecule has 0 aromatic rings. The molecular formula is C67H127N2O15P2+. The van der Waals surface area contributed by atoms with E-state index >= 15 is 0 Å². The number of nitrogens with one attached hydrogen (secondary N) is 2. The van der Waals surface area contributed by atoms with Crippen molar-refractivity contribution >= 4 is 33.4 Å². The molecule has 2 amide bonds. The molecule has 5 N–H and O–H groups in total. The molecule has 0 radical (unpaired) electrons. The minimum absolute atomic E-state index is 0.185. The molecule has 17 nitrogen and oxygen atoms in total. The zero-order valence-corrected chi connectivity index (χ0v) is 57.0. The van der Waals surface area contributed by atoms with Crippen LogP contribution in [0.15, 0.2) is 12.2 Å². The third-order valence-electron chi connectivity index (χ3n) is 16.9. The summed E-state index contributed by atoms with van der Waals surface area (Å²) in [7, 11) is -7.46. The molecule has 0 spiro atoms. The highest BCUT2D eigenvalue weighted by atomic mass is 31.2. The molecule has 2 rings (SSSR count). The van der Waals surface area contributed by atoms with Gasteiger partial charge in [-0.1, -0.05) is 240 Å². The first-order valence-electron chi connectivity index (χ1n) is 35.0. The predicted molar refractivity (Wildman–Crippen MR) is 345 cm³/mol. The SMILES string of the molecule is CCCCCC/C=C\CCCCCCCCCC(=O)N[C@H]1[C@H](OC[C@H]2O[C@H](OP(C)(=O)O)[C@H](NC(=O)CC(=O)CCCCCCCCCCC)[C@@H](OCCCCCCCCCC)[C@@H]2O)O[C@H](CC)[C@@H](O[P+](=O)O)[C@@H]1OCC[C@H](C)CCCCCCC. The van der Waals surface area contributed by atoms with E-state index in [4.69, 9.17) is 32.7 Å². The molecule has 19 heteroatoms. The van der Waals surface area contributed by atoms with Crippen molar-refractivity contribution in [2.75, 3.05) is 26.5 Å². The Morgan fingerprint density at radius 1 is 0.547 bits per heavy atom. The molecule has 504 valence electrons. The number of ether oxygens (including phenoxy) is 5. The smallest absolute Gasteiger partial charge is 0.388 e. The van der Waals surface area contributed by atoms with E-state index < -0.39 is 96.1 Å². The van der Waals surface area contributed by atoms with Gasteiger partial charge in [-0.2, -0.15) is 0 Å². The first kappa shape index (κ1) is 80.4. The molecular weight excluding hydrogens is 1130 g/mol. The van der Waals surface area contributed by atoms with E-state index in [-0.39, 0.29) is 37.7 Å². The van der Waals surface area contributed by atoms with Crippen molar-refractivity contribution in [2.45, 2.75) is 366 Å². The second-order valence-electron chi connectivity index (χ2n) is 25.1. The zero-order valence-electron chi connectivity index (χ0n) is 55.3. The number of carbonyl (C=O) groups excluding carboxylic acids is 3. The van der Waals surface area contributed by atoms with Crippen LogP contribution in [-0.2, 0) is 56.2 Å². The number of rotatable bonds is 57. The fraction of sp³-hybridized carbons (Fsp3) is 0.925. The summed E-state index contributed by atoms with van der Waals surface area (Å²) in [5, 5.41) is 18.2. The van der Waals surface area contributed by atoms with Crippen molar-refractivity contribution in [3.63, 3.8) is 0 Å². The lowest BCUT2D eigenvalue weighted by Crippen LogP contribution is -2.67. The second-order valence-corrected chi connectivity index (χ2v) is 27.6. The fourth-order valence-corrected chi connectivity index (χ4v) is 12.7. The zero-order chi connectivity index (χ0) is 63.1. The molecule has 2 saturated heterocycles. The van der Waals surface area contributed by atoms with Gasteiger partial charge in [-0.3, -0.25) is 23.5 Å². The van der Waals surface area contributed by atoms with Gasteiger partial charge in [-0.05, 0) is 63.7 Å². The monoisotopic (exact) mass is 1260 g/mol. The molecule has 86 heavy (non-hydrogen) atoms. The quantitative estimate of drug-likeness (QED) is 0.0165. The molecule has 0 bridgehead atoms. The van der Waals surface area contributed by atoms with Gasteiger partial charge >= 0.3 is 15.9 Å². The number of Topliss-reactive ketones (excluding diaryl/α,β-unsaturated/α-hetero) is 1. The van der Waals surface area contributed by atoms with E-state index in [1.54, 1.807) is 0 Å². The first-order chi connectivity index (χ1) is 41.6. The standard InChI is InChI=1S/C67H126N2O15P2/c1-8-13-17-21-24-27-28-29-30-31-32-34-36-40-44-48-58(71)68-61-65(79-51-49-54(6)46-42-38-20-16-11-4)63(83-85(74)75)56(12-5)81-66(61)80-53-57-62(73)64(78-50-45-41-37-26-23-19-15-10-3)60(67(82-57)84-86(7,76)77)69-59(72)52-55(70)47-43-39-35-33-25-22-18-14-9-2/h27-28,54,56-57,60-67,73H,8-26,29-53H2,1-7H3,(H3-,68,69,71,72,74,75,76,77)/p+1/b28-27-/t54-,56-,57-,60-,61-,62-,63-,64-,65-,66-,67-/m1/s1. The van der Waals surface area contributed by atoms with E-state index in [0.717, 1.165) is 116 Å². The molecule has 0 aliphatic carbocycles. The second kappa shape index (κ2) is 51.8. The van der Waals surface area contributed by atoms with Crippen molar-refractivity contribution in [3.8, 4) is 0 Å². The van der Waals surface area contributed by atoms with Gasteiger partial charge < -0.3 is 44.3 Å². The maximum atomic E-state index is 14.1. The Balaban J connectivity index is 2.37. The highest BCUT2D eigenvalue weighted by Crippen LogP contribution is 2.42. The highest BCUT2D eigenvalue weighted by molar-refractivity contribution is 7.51. The molecule has 2 aliphatic rings. The Hall–Kier alpha value is -1.72. The number of carbonyl (C=O) groups is 3. The van der Waals surface area contributed by atoms with Gasteiger partial charge in [0.15, 0.2) is 18.7 Å². The lowest BCUT2D eigenvalue weighted by atomic mass is 9.94. The number of allylic oxidation sites excluding steroid dienone is 2. The first-order valence-corrected chi connectivity index (χ1v) is 38.1. The summed E-state index contributed by atoms with van der Waals surface area (Å²) < 4.78 is 69.5. The van der Waals surface area contributed by atoms with Gasteiger partial charge in [-0.15, -0.1) is 9.42 Å². The van der Waals surface area contributed by atoms with Crippen LogP contribution in [0.1, 0.15) is 305 Å².